The SMILES string of the molecule is C=CCC(C)(CC=C)C(=O)c1ccccc1. The number of benzene rings is 1. The van der Waals surface area contributed by atoms with Crippen molar-refractivity contribution in [2.45, 2.75) is 19.8 Å². The number of carbonyl (C=O) groups is 1. The first kappa shape index (κ1) is 12.4. The Morgan fingerprint density at radius 2 is 1.69 bits per heavy atom. The van der Waals surface area contributed by atoms with E-state index in [4.69, 9.17) is 0 Å². The van der Waals surface area contributed by atoms with Gasteiger partial charge in [-0.1, -0.05) is 49.4 Å². The topological polar surface area (TPSA) is 17.1 Å². The Hall–Kier alpha value is -1.63. The predicted octanol–water partition coefficient (Wildman–Crippen LogP) is 4.03. The van der Waals surface area contributed by atoms with Crippen LogP contribution in [0.2, 0.25) is 0 Å². The zero-order valence-corrected chi connectivity index (χ0v) is 9.78. The molecule has 84 valence electrons. The highest BCUT2D eigenvalue weighted by atomic mass is 16.1. The zero-order chi connectivity index (χ0) is 12.0. The van der Waals surface area contributed by atoms with E-state index < -0.39 is 5.41 Å². The van der Waals surface area contributed by atoms with Gasteiger partial charge in [0.1, 0.15) is 0 Å². The van der Waals surface area contributed by atoms with Gasteiger partial charge >= 0.3 is 0 Å². The van der Waals surface area contributed by atoms with Crippen LogP contribution in [0, 0.1) is 5.41 Å². The van der Waals surface area contributed by atoms with Crippen LogP contribution >= 0.6 is 0 Å². The number of Topliss-reactive ketones (excluding diaryl/α,β-unsaturated/α-hetero) is 1. The highest BCUT2D eigenvalue weighted by Crippen LogP contribution is 2.31. The van der Waals surface area contributed by atoms with E-state index in [-0.39, 0.29) is 5.78 Å². The molecule has 0 heterocycles. The minimum Gasteiger partial charge on any atom is -0.294 e. The number of carbonyl (C=O) groups excluding carboxylic acids is 1. The third-order valence-electron chi connectivity index (χ3n) is 2.77. The van der Waals surface area contributed by atoms with Gasteiger partial charge in [0.25, 0.3) is 0 Å². The number of hydrogen-bond acceptors (Lipinski definition) is 1. The summed E-state index contributed by atoms with van der Waals surface area (Å²) in [6.45, 7) is 9.40. The fourth-order valence-electron chi connectivity index (χ4n) is 1.84. The van der Waals surface area contributed by atoms with Gasteiger partial charge in [-0.3, -0.25) is 4.79 Å². The lowest BCUT2D eigenvalue weighted by molar-refractivity contribution is 0.0821. The Morgan fingerprint density at radius 1 is 1.19 bits per heavy atom. The van der Waals surface area contributed by atoms with Crippen LogP contribution in [-0.4, -0.2) is 5.78 Å². The van der Waals surface area contributed by atoms with Crippen LogP contribution in [-0.2, 0) is 0 Å². The van der Waals surface area contributed by atoms with Crippen LogP contribution in [0.15, 0.2) is 55.6 Å². The van der Waals surface area contributed by atoms with E-state index in [0.717, 1.165) is 5.56 Å². The minimum absolute atomic E-state index is 0.160. The molecule has 0 amide bonds. The third-order valence-corrected chi connectivity index (χ3v) is 2.77. The van der Waals surface area contributed by atoms with Gasteiger partial charge in [0.15, 0.2) is 5.78 Å². The smallest absolute Gasteiger partial charge is 0.169 e. The molecule has 1 aromatic carbocycles. The number of ketones is 1. The van der Waals surface area contributed by atoms with Gasteiger partial charge in [-0.2, -0.15) is 0 Å². The Balaban J connectivity index is 3.00. The maximum Gasteiger partial charge on any atom is 0.169 e. The van der Waals surface area contributed by atoms with E-state index in [1.165, 1.54) is 0 Å². The number of rotatable bonds is 6. The molecule has 0 spiro atoms. The summed E-state index contributed by atoms with van der Waals surface area (Å²) in [6, 6.07) is 9.39. The fraction of sp³-hybridized carbons (Fsp3) is 0.267. The maximum atomic E-state index is 12.4. The summed E-state index contributed by atoms with van der Waals surface area (Å²) in [4.78, 5) is 12.4. The fourth-order valence-corrected chi connectivity index (χ4v) is 1.84. The summed E-state index contributed by atoms with van der Waals surface area (Å²) in [5, 5.41) is 0. The number of allylic oxidation sites excluding steroid dienone is 2. The second-order valence-corrected chi connectivity index (χ2v) is 4.24. The minimum atomic E-state index is -0.412. The van der Waals surface area contributed by atoms with Crippen LogP contribution in [0.4, 0.5) is 0 Å². The Bertz CT molecular complexity index is 366. The van der Waals surface area contributed by atoms with Gasteiger partial charge in [0, 0.05) is 11.0 Å². The maximum absolute atomic E-state index is 12.4. The second kappa shape index (κ2) is 5.45. The van der Waals surface area contributed by atoms with Gasteiger partial charge in [0.05, 0.1) is 0 Å². The zero-order valence-electron chi connectivity index (χ0n) is 9.78. The van der Waals surface area contributed by atoms with Crippen molar-refractivity contribution in [3.63, 3.8) is 0 Å². The summed E-state index contributed by atoms with van der Waals surface area (Å²) in [5.41, 5.74) is 0.346. The lowest BCUT2D eigenvalue weighted by Gasteiger charge is -2.25. The standard InChI is InChI=1S/C15H18O/c1-4-11-15(3,12-5-2)14(16)13-9-7-6-8-10-13/h4-10H,1-2,11-12H2,3H3. The van der Waals surface area contributed by atoms with E-state index in [9.17, 15) is 4.79 Å². The molecule has 0 fully saturated rings. The number of hydrogen-bond donors (Lipinski definition) is 0. The molecule has 1 aromatic rings. The Kier molecular flexibility index (Phi) is 4.24. The van der Waals surface area contributed by atoms with Crippen LogP contribution in [0.25, 0.3) is 0 Å². The molecule has 0 radical (unpaired) electrons. The highest BCUT2D eigenvalue weighted by Gasteiger charge is 2.30. The average molecular weight is 214 g/mol. The van der Waals surface area contributed by atoms with E-state index in [1.54, 1.807) is 12.2 Å². The first-order chi connectivity index (χ1) is 7.64. The summed E-state index contributed by atoms with van der Waals surface area (Å²) in [7, 11) is 0. The molecule has 16 heavy (non-hydrogen) atoms. The molecule has 0 unspecified atom stereocenters. The van der Waals surface area contributed by atoms with Crippen molar-refractivity contribution >= 4 is 5.78 Å². The first-order valence-corrected chi connectivity index (χ1v) is 5.45. The van der Waals surface area contributed by atoms with E-state index in [0.29, 0.717) is 12.8 Å². The molecule has 0 aliphatic rings. The monoisotopic (exact) mass is 214 g/mol. The summed E-state index contributed by atoms with van der Waals surface area (Å²) < 4.78 is 0. The molecule has 1 heteroatoms. The van der Waals surface area contributed by atoms with Crippen LogP contribution in [0.5, 0.6) is 0 Å². The van der Waals surface area contributed by atoms with E-state index in [1.807, 2.05) is 37.3 Å². The van der Waals surface area contributed by atoms with Gasteiger partial charge in [-0.15, -0.1) is 13.2 Å². The summed E-state index contributed by atoms with van der Waals surface area (Å²) in [5.74, 6) is 0.160. The van der Waals surface area contributed by atoms with Gasteiger partial charge in [0.2, 0.25) is 0 Å². The van der Waals surface area contributed by atoms with Gasteiger partial charge in [-0.25, -0.2) is 0 Å². The van der Waals surface area contributed by atoms with Crippen molar-refractivity contribution in [1.82, 2.24) is 0 Å². The summed E-state index contributed by atoms with van der Waals surface area (Å²) in [6.07, 6.45) is 4.94. The largest absolute Gasteiger partial charge is 0.294 e. The molecule has 0 bridgehead atoms. The van der Waals surface area contributed by atoms with E-state index in [2.05, 4.69) is 13.2 Å². The molecule has 1 nitrogen and oxygen atoms in total. The molecule has 0 aliphatic carbocycles. The lowest BCUT2D eigenvalue weighted by atomic mass is 9.77. The highest BCUT2D eigenvalue weighted by molar-refractivity contribution is 6.00. The summed E-state index contributed by atoms with van der Waals surface area (Å²) >= 11 is 0. The van der Waals surface area contributed by atoms with Crippen LogP contribution < -0.4 is 0 Å². The van der Waals surface area contributed by atoms with E-state index >= 15 is 0 Å². The molecule has 0 N–H and O–H groups in total. The Morgan fingerprint density at radius 3 is 2.12 bits per heavy atom. The predicted molar refractivity (Wildman–Crippen MR) is 68.5 cm³/mol. The molecule has 0 saturated carbocycles. The second-order valence-electron chi connectivity index (χ2n) is 4.24. The first-order valence-electron chi connectivity index (χ1n) is 5.45. The van der Waals surface area contributed by atoms with Crippen molar-refractivity contribution in [3.05, 3.63) is 61.2 Å². The normalized spacial score (nSPS) is 10.8. The molecular weight excluding hydrogens is 196 g/mol. The molecule has 0 saturated heterocycles. The van der Waals surface area contributed by atoms with Gasteiger partial charge < -0.3 is 0 Å². The van der Waals surface area contributed by atoms with Gasteiger partial charge in [-0.05, 0) is 12.8 Å². The lowest BCUT2D eigenvalue weighted by Crippen LogP contribution is -2.26. The molecular formula is C15H18O. The van der Waals surface area contributed by atoms with Crippen molar-refractivity contribution in [2.24, 2.45) is 5.41 Å². The molecule has 0 aliphatic heterocycles. The van der Waals surface area contributed by atoms with Crippen LogP contribution in [0.1, 0.15) is 30.1 Å². The molecule has 0 aromatic heterocycles. The van der Waals surface area contributed by atoms with Crippen molar-refractivity contribution < 1.29 is 4.79 Å². The molecule has 1 rings (SSSR count). The van der Waals surface area contributed by atoms with Crippen molar-refractivity contribution in [3.8, 4) is 0 Å². The third kappa shape index (κ3) is 2.69. The average Bonchev–Trinajstić information content (AvgIpc) is 2.30. The Labute approximate surface area is 97.5 Å². The van der Waals surface area contributed by atoms with Crippen LogP contribution in [0.3, 0.4) is 0 Å². The van der Waals surface area contributed by atoms with Crippen molar-refractivity contribution in [1.29, 1.82) is 0 Å². The quantitative estimate of drug-likeness (QED) is 0.516. The van der Waals surface area contributed by atoms with Crippen molar-refractivity contribution in [2.75, 3.05) is 0 Å². The molecule has 0 atom stereocenters.